The van der Waals surface area contributed by atoms with Crippen LogP contribution in [-0.2, 0) is 21.0 Å². The van der Waals surface area contributed by atoms with Gasteiger partial charge in [0.2, 0.25) is 11.8 Å². The number of furan rings is 1. The predicted octanol–water partition coefficient (Wildman–Crippen LogP) is 4.68. The van der Waals surface area contributed by atoms with Crippen LogP contribution < -0.4 is 20.9 Å². The second-order valence-corrected chi connectivity index (χ2v) is 9.57. The maximum absolute atomic E-state index is 12.9. The number of hydroxylamine groups is 1. The first kappa shape index (κ1) is 31.9. The van der Waals surface area contributed by atoms with Crippen LogP contribution in [-0.4, -0.2) is 42.1 Å². The van der Waals surface area contributed by atoms with Gasteiger partial charge in [-0.25, -0.2) is 10.3 Å². The highest BCUT2D eigenvalue weighted by Crippen LogP contribution is 2.28. The summed E-state index contributed by atoms with van der Waals surface area (Å²) < 4.78 is 11.1. The highest BCUT2D eigenvalue weighted by Gasteiger charge is 2.22. The molecule has 11 heteroatoms. The average Bonchev–Trinajstić information content (AvgIpc) is 3.48. The fraction of sp³-hybridized carbons (Fsp3) is 0.355. The van der Waals surface area contributed by atoms with Crippen molar-refractivity contribution in [3.05, 3.63) is 77.6 Å². The topological polar surface area (TPSA) is 156 Å². The molecular formula is C31H37N3O8. The first-order chi connectivity index (χ1) is 20.3. The van der Waals surface area contributed by atoms with Gasteiger partial charge in [0, 0.05) is 17.9 Å². The number of benzene rings is 2. The van der Waals surface area contributed by atoms with Gasteiger partial charge in [-0.15, -0.1) is 0 Å². The van der Waals surface area contributed by atoms with Crippen LogP contribution in [0.15, 0.2) is 65.1 Å². The number of rotatable bonds is 17. The highest BCUT2D eigenvalue weighted by atomic mass is 16.6. The zero-order valence-corrected chi connectivity index (χ0v) is 23.8. The monoisotopic (exact) mass is 579 g/mol. The van der Waals surface area contributed by atoms with E-state index in [1.807, 2.05) is 30.3 Å². The van der Waals surface area contributed by atoms with Gasteiger partial charge >= 0.3 is 5.97 Å². The number of carboxylic acids is 1. The molecule has 11 nitrogen and oxygen atoms in total. The molecule has 224 valence electrons. The van der Waals surface area contributed by atoms with Gasteiger partial charge < -0.3 is 24.9 Å². The van der Waals surface area contributed by atoms with E-state index in [0.29, 0.717) is 24.3 Å². The van der Waals surface area contributed by atoms with E-state index >= 15 is 0 Å². The summed E-state index contributed by atoms with van der Waals surface area (Å²) in [5.41, 5.74) is 3.75. The summed E-state index contributed by atoms with van der Waals surface area (Å²) in [5.74, 6) is -2.43. The van der Waals surface area contributed by atoms with Gasteiger partial charge in [-0.3, -0.25) is 19.2 Å². The lowest BCUT2D eigenvalue weighted by atomic mass is 9.96. The van der Waals surface area contributed by atoms with Gasteiger partial charge in [-0.1, -0.05) is 56.5 Å². The van der Waals surface area contributed by atoms with E-state index in [9.17, 15) is 24.3 Å². The van der Waals surface area contributed by atoms with Gasteiger partial charge in [-0.2, -0.15) is 0 Å². The van der Waals surface area contributed by atoms with Gasteiger partial charge in [0.05, 0.1) is 25.4 Å². The quantitative estimate of drug-likeness (QED) is 0.102. The van der Waals surface area contributed by atoms with E-state index in [0.717, 1.165) is 24.8 Å². The first-order valence-corrected chi connectivity index (χ1v) is 13.9. The second kappa shape index (κ2) is 16.6. The number of ether oxygens (including phenoxy) is 1. The van der Waals surface area contributed by atoms with Crippen molar-refractivity contribution >= 4 is 23.7 Å². The minimum Gasteiger partial charge on any atom is -0.494 e. The Balaban J connectivity index is 1.53. The summed E-state index contributed by atoms with van der Waals surface area (Å²) in [7, 11) is 0. The number of carbonyl (C=O) groups excluding carboxylic acids is 3. The Morgan fingerprint density at radius 2 is 1.74 bits per heavy atom. The van der Waals surface area contributed by atoms with Crippen LogP contribution in [0.1, 0.15) is 72.4 Å². The fourth-order valence-electron chi connectivity index (χ4n) is 4.18. The number of unbranched alkanes of at least 4 members (excludes halogenated alkanes) is 2. The van der Waals surface area contributed by atoms with Crippen molar-refractivity contribution in [2.45, 2.75) is 52.6 Å². The van der Waals surface area contributed by atoms with Crippen LogP contribution in [0.3, 0.4) is 0 Å². The van der Waals surface area contributed by atoms with Crippen molar-refractivity contribution in [3.63, 3.8) is 0 Å². The van der Waals surface area contributed by atoms with Crippen LogP contribution in [0, 0.1) is 5.92 Å². The minimum atomic E-state index is -1.12. The number of aromatic carboxylic acids is 1. The normalized spacial score (nSPS) is 11.4. The Hall–Kier alpha value is -4.64. The molecule has 0 saturated carbocycles. The van der Waals surface area contributed by atoms with E-state index in [4.69, 9.17) is 14.0 Å². The highest BCUT2D eigenvalue weighted by molar-refractivity contribution is 5.93. The molecule has 0 aliphatic heterocycles. The smallest absolute Gasteiger partial charge is 0.335 e. The van der Waals surface area contributed by atoms with Crippen molar-refractivity contribution in [1.82, 2.24) is 16.1 Å². The maximum Gasteiger partial charge on any atom is 0.335 e. The SMILES string of the molecule is CCCCC[C@H](CC(=O)NOCc1ccccc1)C(=O)NCNC(=O)c1ccc(-c2cc(OCC)cc(C(=O)O)c2)o1. The van der Waals surface area contributed by atoms with Crippen molar-refractivity contribution in [2.24, 2.45) is 5.92 Å². The first-order valence-electron chi connectivity index (χ1n) is 13.9. The third-order valence-corrected chi connectivity index (χ3v) is 6.32. The summed E-state index contributed by atoms with van der Waals surface area (Å²) in [4.78, 5) is 54.8. The number of hydrogen-bond donors (Lipinski definition) is 4. The molecule has 0 radical (unpaired) electrons. The molecule has 1 atom stereocenters. The standard InChI is InChI=1S/C31H37N3O8/c1-3-5-7-12-22(18-28(35)34-41-19-21-10-8-6-9-11-21)29(36)32-20-33-30(37)27-14-13-26(42-27)23-15-24(31(38)39)17-25(16-23)40-4-2/h6,8-11,13-17,22H,3-5,7,12,18-20H2,1-2H3,(H,32,36)(H,33,37)(H,34,35)(H,38,39)/t22-/m1/s1. The van der Waals surface area contributed by atoms with Gasteiger partial charge in [0.1, 0.15) is 11.5 Å². The number of carboxylic acid groups (broad SMARTS) is 1. The largest absolute Gasteiger partial charge is 0.494 e. The van der Waals surface area contributed by atoms with Gasteiger partial charge in [0.25, 0.3) is 5.91 Å². The zero-order chi connectivity index (χ0) is 30.3. The molecule has 42 heavy (non-hydrogen) atoms. The molecule has 0 unspecified atom stereocenters. The van der Waals surface area contributed by atoms with Crippen molar-refractivity contribution in [1.29, 1.82) is 0 Å². The third-order valence-electron chi connectivity index (χ3n) is 6.32. The Morgan fingerprint density at radius 3 is 2.45 bits per heavy atom. The molecule has 3 amide bonds. The van der Waals surface area contributed by atoms with Gasteiger partial charge in [-0.05, 0) is 49.2 Å². The Labute approximate surface area is 244 Å². The molecule has 0 aliphatic rings. The number of amides is 3. The molecular weight excluding hydrogens is 542 g/mol. The predicted molar refractivity (Wildman–Crippen MR) is 154 cm³/mol. The van der Waals surface area contributed by atoms with Crippen molar-refractivity contribution in [3.8, 4) is 17.1 Å². The summed E-state index contributed by atoms with van der Waals surface area (Å²) in [6, 6.07) is 16.8. The molecule has 0 spiro atoms. The molecule has 3 aromatic rings. The molecule has 4 N–H and O–H groups in total. The summed E-state index contributed by atoms with van der Waals surface area (Å²) in [6.07, 6.45) is 3.13. The van der Waals surface area contributed by atoms with Crippen molar-refractivity contribution < 1.29 is 38.3 Å². The molecule has 0 fully saturated rings. The van der Waals surface area contributed by atoms with E-state index in [1.54, 1.807) is 19.1 Å². The lowest BCUT2D eigenvalue weighted by molar-refractivity contribution is -0.139. The molecule has 2 aromatic carbocycles. The molecule has 3 rings (SSSR count). The van der Waals surface area contributed by atoms with Crippen LogP contribution in [0.4, 0.5) is 0 Å². The molecule has 0 saturated heterocycles. The van der Waals surface area contributed by atoms with E-state index in [2.05, 4.69) is 23.0 Å². The molecule has 0 aliphatic carbocycles. The summed E-state index contributed by atoms with van der Waals surface area (Å²) in [6.45, 7) is 4.22. The lowest BCUT2D eigenvalue weighted by Gasteiger charge is -2.17. The van der Waals surface area contributed by atoms with Crippen LogP contribution >= 0.6 is 0 Å². The summed E-state index contributed by atoms with van der Waals surface area (Å²) in [5, 5.41) is 14.6. The lowest BCUT2D eigenvalue weighted by Crippen LogP contribution is -2.41. The Bertz CT molecular complexity index is 1340. The summed E-state index contributed by atoms with van der Waals surface area (Å²) >= 11 is 0. The fourth-order valence-corrected chi connectivity index (χ4v) is 4.18. The van der Waals surface area contributed by atoms with Crippen LogP contribution in [0.25, 0.3) is 11.3 Å². The molecule has 1 heterocycles. The number of hydrogen-bond acceptors (Lipinski definition) is 7. The van der Waals surface area contributed by atoms with Crippen LogP contribution in [0.5, 0.6) is 5.75 Å². The average molecular weight is 580 g/mol. The van der Waals surface area contributed by atoms with Crippen molar-refractivity contribution in [2.75, 3.05) is 13.3 Å². The number of nitrogens with one attached hydrogen (secondary N) is 3. The molecule has 1 aromatic heterocycles. The zero-order valence-electron chi connectivity index (χ0n) is 23.8. The number of carbonyl (C=O) groups is 4. The van der Waals surface area contributed by atoms with E-state index in [-0.39, 0.29) is 42.7 Å². The third kappa shape index (κ3) is 10.1. The second-order valence-electron chi connectivity index (χ2n) is 9.57. The van der Waals surface area contributed by atoms with E-state index < -0.39 is 23.7 Å². The van der Waals surface area contributed by atoms with E-state index in [1.165, 1.54) is 18.2 Å². The van der Waals surface area contributed by atoms with Crippen LogP contribution in [0.2, 0.25) is 0 Å². The maximum atomic E-state index is 12.9. The Morgan fingerprint density at radius 1 is 0.952 bits per heavy atom. The van der Waals surface area contributed by atoms with Gasteiger partial charge in [0.15, 0.2) is 5.76 Å². The minimum absolute atomic E-state index is 0.0194. The Kier molecular flexibility index (Phi) is 12.6. The molecule has 0 bridgehead atoms.